The largest absolute Gasteiger partial charge is 0.507 e. The second-order valence-electron chi connectivity index (χ2n) is 26.9. The molecule has 3 saturated heterocycles. The van der Waals surface area contributed by atoms with Gasteiger partial charge in [0.25, 0.3) is 0 Å². The number of phenolic OH excluding ortho intramolecular Hbond substituents is 3. The third kappa shape index (κ3) is 16.0. The molecule has 9 N–H and O–H groups in total. The highest BCUT2D eigenvalue weighted by Gasteiger charge is 2.39. The maximum absolute atomic E-state index is 13.2. The Bertz CT molecular complexity index is 3890. The molecule has 0 spiro atoms. The van der Waals surface area contributed by atoms with Crippen molar-refractivity contribution >= 4 is 17.5 Å². The number of phenols is 3. The second kappa shape index (κ2) is 25.1. The molecule has 3 fully saturated rings. The number of aromatic hydroxyl groups is 3. The fraction of sp³-hybridized carbons (Fsp3) is 0.409. The van der Waals surface area contributed by atoms with E-state index in [0.717, 1.165) is 79.0 Å². The van der Waals surface area contributed by atoms with Gasteiger partial charge in [0.1, 0.15) is 34.7 Å². The van der Waals surface area contributed by atoms with Gasteiger partial charge in [-0.15, -0.1) is 0 Å². The van der Waals surface area contributed by atoms with Crippen molar-refractivity contribution in [3.05, 3.63) is 135 Å². The van der Waals surface area contributed by atoms with E-state index in [-0.39, 0.29) is 44.9 Å². The summed E-state index contributed by atoms with van der Waals surface area (Å²) in [6.07, 6.45) is 22.2. The van der Waals surface area contributed by atoms with Crippen molar-refractivity contribution in [3.63, 3.8) is 0 Å². The number of aromatic amines is 1. The molecule has 3 aliphatic heterocycles. The molecular formula is C66H83FN18O3. The fourth-order valence-corrected chi connectivity index (χ4v) is 12.7. The van der Waals surface area contributed by atoms with Gasteiger partial charge in [-0.2, -0.15) is 15.3 Å². The molecule has 0 bridgehead atoms. The second-order valence-corrected chi connectivity index (χ2v) is 26.9. The Kier molecular flexibility index (Phi) is 16.6. The van der Waals surface area contributed by atoms with Crippen LogP contribution in [-0.2, 0) is 6.98 Å². The molecule has 1 atom stereocenters. The molecule has 9 heterocycles. The van der Waals surface area contributed by atoms with Crippen LogP contribution in [0.4, 0.5) is 21.8 Å². The van der Waals surface area contributed by atoms with Gasteiger partial charge in [0.15, 0.2) is 5.82 Å². The maximum atomic E-state index is 13.2. The van der Waals surface area contributed by atoms with Crippen LogP contribution in [0.5, 0.6) is 17.2 Å². The predicted octanol–water partition coefficient (Wildman–Crippen LogP) is 11.1. The van der Waals surface area contributed by atoms with Gasteiger partial charge < -0.3 is 46.8 Å². The Morgan fingerprint density at radius 2 is 1.11 bits per heavy atom. The Hall–Kier alpha value is -8.86. The Morgan fingerprint density at radius 3 is 1.57 bits per heavy atom. The van der Waals surface area contributed by atoms with Gasteiger partial charge in [0.05, 0.1) is 84.2 Å². The molecule has 0 aliphatic carbocycles. The number of anilines is 3. The summed E-state index contributed by atoms with van der Waals surface area (Å²) in [5.41, 5.74) is 7.36. The fourth-order valence-electron chi connectivity index (χ4n) is 12.7. The normalized spacial score (nSPS) is 18.6. The molecule has 22 heteroatoms. The summed E-state index contributed by atoms with van der Waals surface area (Å²) < 4.78 is 37.7. The number of hydrogen-bond acceptors (Lipinski definition) is 18. The van der Waals surface area contributed by atoms with Gasteiger partial charge >= 0.3 is 0 Å². The molecular weight excluding hydrogens is 1110 g/mol. The van der Waals surface area contributed by atoms with E-state index in [2.05, 4.69) is 158 Å². The molecule has 12 rings (SSSR count). The SMILES string of the molecule is CC1(C)CC(Nc2cnc(-c3ccc(-c4ccn[nH]4)cc3O)cn2)CC(C)(C)N1.CC1(C)CC(Nc2cnc(-c3ccc(-n4cc(F)cn4)cc3O)cn2)CC(C)(C)N1.[2H]C([2H])([2H])n1cc(-c2ccc(-c3cnc(N4CCC(NC(C)(C)C)C4)cn3)c(O)c2)cn1. The Labute approximate surface area is 518 Å². The van der Waals surface area contributed by atoms with Crippen LogP contribution in [0, 0.1) is 5.82 Å². The molecule has 3 aromatic carbocycles. The van der Waals surface area contributed by atoms with Crippen LogP contribution in [-0.4, -0.2) is 134 Å². The molecule has 3 aliphatic rings. The quantitative estimate of drug-likeness (QED) is 0.0550. The third-order valence-corrected chi connectivity index (χ3v) is 15.5. The van der Waals surface area contributed by atoms with Crippen molar-refractivity contribution in [2.45, 2.75) is 154 Å². The standard InChI is InChI=1S/C22H27FN6O.2C22H28N6O/c1-21(2)8-15(9-22(3,4)28-21)27-20-12-24-18(11-25-20)17-6-5-16(7-19(17)30)29-13-14(23)10-26-29;1-22(2,3)26-17-7-8-28(14-17)21-12-23-19(11-24-21)18-6-5-15(9-20(18)29)16-10-25-27(4)13-16;1-21(2)10-15(11-22(3,4)28-21)26-20-13-23-18(12-24-20)16-6-5-14(9-19(16)29)17-7-8-25-27-17/h5-7,10-13,15,28,30H,8-9H2,1-4H3,(H,25,27);5-6,9-13,17,26,29H,7-8,14H2,1-4H3;5-9,12-13,15,28-29H,10-11H2,1-4H3,(H,24,26)(H,25,27)/i;4D3;. The highest BCUT2D eigenvalue weighted by molar-refractivity contribution is 5.75. The van der Waals surface area contributed by atoms with Crippen molar-refractivity contribution < 1.29 is 23.8 Å². The zero-order chi connectivity index (χ0) is 65.3. The Morgan fingerprint density at radius 1 is 0.580 bits per heavy atom. The van der Waals surface area contributed by atoms with E-state index < -0.39 is 12.8 Å². The predicted molar refractivity (Wildman–Crippen MR) is 344 cm³/mol. The van der Waals surface area contributed by atoms with Crippen molar-refractivity contribution in [1.82, 2.24) is 75.6 Å². The average Bonchev–Trinajstić information content (AvgIpc) is 1.92. The molecule has 1 unspecified atom stereocenters. The van der Waals surface area contributed by atoms with Crippen LogP contribution >= 0.6 is 0 Å². The van der Waals surface area contributed by atoms with Crippen molar-refractivity contribution in [1.29, 1.82) is 0 Å². The van der Waals surface area contributed by atoms with E-state index in [9.17, 15) is 19.7 Å². The maximum Gasteiger partial charge on any atom is 0.161 e. The lowest BCUT2D eigenvalue weighted by atomic mass is 9.79. The van der Waals surface area contributed by atoms with E-state index >= 15 is 0 Å². The van der Waals surface area contributed by atoms with Gasteiger partial charge in [-0.25, -0.2) is 24.0 Å². The third-order valence-electron chi connectivity index (χ3n) is 15.5. The van der Waals surface area contributed by atoms with Crippen molar-refractivity contribution in [2.24, 2.45) is 6.98 Å². The van der Waals surface area contributed by atoms with Crippen LogP contribution in [0.2, 0.25) is 0 Å². The molecule has 0 saturated carbocycles. The summed E-state index contributed by atoms with van der Waals surface area (Å²) >= 11 is 0. The summed E-state index contributed by atoms with van der Waals surface area (Å²) in [7, 11) is 0. The number of aryl methyl sites for hydroxylation is 1. The summed E-state index contributed by atoms with van der Waals surface area (Å²) in [5, 5.41) is 64.1. The van der Waals surface area contributed by atoms with Crippen LogP contribution < -0.4 is 31.5 Å². The first-order valence-electron chi connectivity index (χ1n) is 31.2. The number of nitrogens with one attached hydrogen (secondary N) is 6. The van der Waals surface area contributed by atoms with Gasteiger partial charge in [-0.3, -0.25) is 24.7 Å². The number of rotatable bonds is 12. The van der Waals surface area contributed by atoms with Crippen molar-refractivity contribution in [3.8, 4) is 79.1 Å². The Balaban J connectivity index is 0.000000150. The number of benzene rings is 3. The van der Waals surface area contributed by atoms with Crippen LogP contribution in [0.3, 0.4) is 0 Å². The summed E-state index contributed by atoms with van der Waals surface area (Å²) in [4.78, 5) is 29.3. The highest BCUT2D eigenvalue weighted by Crippen LogP contribution is 2.37. The van der Waals surface area contributed by atoms with Gasteiger partial charge in [-0.05, 0) is 156 Å². The minimum absolute atomic E-state index is 0.0280. The average molecular weight is 1200 g/mol. The number of aromatic nitrogens is 12. The van der Waals surface area contributed by atoms with Crippen LogP contribution in [0.15, 0.2) is 129 Å². The van der Waals surface area contributed by atoms with Gasteiger partial charge in [0.2, 0.25) is 0 Å². The molecule has 6 aromatic heterocycles. The number of halogens is 1. The lowest BCUT2D eigenvalue weighted by Gasteiger charge is -2.46. The first-order valence-corrected chi connectivity index (χ1v) is 29.7. The minimum atomic E-state index is -2.34. The number of H-pyrrole nitrogens is 1. The van der Waals surface area contributed by atoms with E-state index in [4.69, 9.17) is 4.11 Å². The molecule has 462 valence electrons. The molecule has 9 aromatic rings. The first-order chi connectivity index (χ1) is 42.8. The van der Waals surface area contributed by atoms with Gasteiger partial charge in [0, 0.05) is 116 Å². The zero-order valence-corrected chi connectivity index (χ0v) is 51.9. The zero-order valence-electron chi connectivity index (χ0n) is 54.9. The highest BCUT2D eigenvalue weighted by atomic mass is 19.1. The summed E-state index contributed by atoms with van der Waals surface area (Å²) in [6.45, 7) is 23.7. The monoisotopic (exact) mass is 1200 g/mol. The lowest BCUT2D eigenvalue weighted by Crippen LogP contribution is -2.60. The van der Waals surface area contributed by atoms with E-state index in [1.807, 2.05) is 18.2 Å². The summed E-state index contributed by atoms with van der Waals surface area (Å²) in [5.74, 6) is 2.07. The van der Waals surface area contributed by atoms with Crippen LogP contribution in [0.25, 0.3) is 61.8 Å². The van der Waals surface area contributed by atoms with E-state index in [0.29, 0.717) is 74.5 Å². The minimum Gasteiger partial charge on any atom is -0.507 e. The number of nitrogens with zero attached hydrogens (tertiary/aromatic N) is 12. The van der Waals surface area contributed by atoms with Gasteiger partial charge in [-0.1, -0.05) is 12.1 Å². The molecule has 88 heavy (non-hydrogen) atoms. The number of hydrogen-bond donors (Lipinski definition) is 9. The lowest BCUT2D eigenvalue weighted by molar-refractivity contribution is 0.170. The summed E-state index contributed by atoms with van der Waals surface area (Å²) in [6, 6.07) is 18.5. The first kappa shape index (κ1) is 58.2. The molecule has 21 nitrogen and oxygen atoms in total. The van der Waals surface area contributed by atoms with Crippen molar-refractivity contribution in [2.75, 3.05) is 28.6 Å². The molecule has 0 amide bonds. The number of piperidine rings is 2. The van der Waals surface area contributed by atoms with Crippen LogP contribution in [0.1, 0.15) is 112 Å². The molecule has 0 radical (unpaired) electrons. The van der Waals surface area contributed by atoms with E-state index in [1.54, 1.807) is 79.8 Å². The smallest absolute Gasteiger partial charge is 0.161 e. The van der Waals surface area contributed by atoms with E-state index in [1.165, 1.54) is 29.3 Å². The topological polar surface area (TPSA) is 266 Å².